The van der Waals surface area contributed by atoms with E-state index in [2.05, 4.69) is 23.8 Å². The lowest BCUT2D eigenvalue weighted by Gasteiger charge is -2.13. The van der Waals surface area contributed by atoms with Gasteiger partial charge in [0.1, 0.15) is 0 Å². The van der Waals surface area contributed by atoms with Crippen molar-refractivity contribution in [3.8, 4) is 0 Å². The first kappa shape index (κ1) is 11.8. The van der Waals surface area contributed by atoms with Crippen LogP contribution in [0.4, 0.5) is 0 Å². The molecule has 3 rings (SSSR count). The third kappa shape index (κ3) is 1.71. The molecule has 0 aliphatic carbocycles. The Morgan fingerprint density at radius 1 is 1.16 bits per heavy atom. The average molecular weight is 253 g/mol. The van der Waals surface area contributed by atoms with Crippen LogP contribution in [0.3, 0.4) is 0 Å². The molecule has 0 N–H and O–H groups in total. The summed E-state index contributed by atoms with van der Waals surface area (Å²) in [5.41, 5.74) is 2.44. The van der Waals surface area contributed by atoms with Gasteiger partial charge in [0.15, 0.2) is 0 Å². The molecule has 0 aliphatic heterocycles. The van der Waals surface area contributed by atoms with Gasteiger partial charge in [0.25, 0.3) is 0 Å². The van der Waals surface area contributed by atoms with E-state index in [4.69, 9.17) is 0 Å². The first-order chi connectivity index (χ1) is 9.09. The van der Waals surface area contributed by atoms with E-state index < -0.39 is 0 Å². The molecule has 0 fully saturated rings. The van der Waals surface area contributed by atoms with Crippen molar-refractivity contribution in [3.05, 3.63) is 46.6 Å². The molecule has 0 aliphatic rings. The quantitative estimate of drug-likeness (QED) is 0.626. The fourth-order valence-corrected chi connectivity index (χ4v) is 2.48. The molecule has 1 aromatic carbocycles. The molecule has 96 valence electrons. The molecule has 0 bridgehead atoms. The number of aryl methyl sites for hydroxylation is 1. The molecule has 0 atom stereocenters. The van der Waals surface area contributed by atoms with Crippen LogP contribution >= 0.6 is 0 Å². The molecule has 0 spiro atoms. The van der Waals surface area contributed by atoms with Crippen molar-refractivity contribution in [2.75, 3.05) is 0 Å². The maximum Gasteiger partial charge on any atom is 0.348 e. The third-order valence-corrected chi connectivity index (χ3v) is 3.42. The van der Waals surface area contributed by atoms with Gasteiger partial charge in [-0.2, -0.15) is 4.98 Å². The van der Waals surface area contributed by atoms with Crippen LogP contribution in [0.2, 0.25) is 0 Å². The molecule has 0 unspecified atom stereocenters. The monoisotopic (exact) mass is 253 g/mol. The number of nitrogens with zero attached hydrogens (tertiary/aromatic N) is 3. The summed E-state index contributed by atoms with van der Waals surface area (Å²) in [6, 6.07) is 7.87. The smallest absolute Gasteiger partial charge is 0.294 e. The molecule has 19 heavy (non-hydrogen) atoms. The molecule has 0 saturated carbocycles. The first-order valence-corrected chi connectivity index (χ1v) is 6.34. The first-order valence-electron chi connectivity index (χ1n) is 6.34. The fourth-order valence-electron chi connectivity index (χ4n) is 2.48. The van der Waals surface area contributed by atoms with Crippen molar-refractivity contribution >= 4 is 21.8 Å². The predicted octanol–water partition coefficient (Wildman–Crippen LogP) is 2.61. The van der Waals surface area contributed by atoms with Gasteiger partial charge in [-0.1, -0.05) is 13.8 Å². The van der Waals surface area contributed by atoms with Gasteiger partial charge in [-0.15, -0.1) is 0 Å². The van der Waals surface area contributed by atoms with Crippen molar-refractivity contribution in [3.63, 3.8) is 0 Å². The van der Waals surface area contributed by atoms with Gasteiger partial charge in [-0.05, 0) is 30.2 Å². The number of hydrogen-bond donors (Lipinski definition) is 0. The Morgan fingerprint density at radius 2 is 1.95 bits per heavy atom. The molecule has 2 aromatic heterocycles. The number of benzene rings is 1. The molecular weight excluding hydrogens is 238 g/mol. The number of aromatic nitrogens is 3. The summed E-state index contributed by atoms with van der Waals surface area (Å²) in [5, 5.41) is 2.02. The van der Waals surface area contributed by atoms with Crippen LogP contribution in [0.25, 0.3) is 21.8 Å². The summed E-state index contributed by atoms with van der Waals surface area (Å²) >= 11 is 0. The van der Waals surface area contributed by atoms with Gasteiger partial charge >= 0.3 is 5.69 Å². The Balaban J connectivity index is 2.62. The molecule has 4 nitrogen and oxygen atoms in total. The van der Waals surface area contributed by atoms with Gasteiger partial charge in [0.05, 0.1) is 16.7 Å². The number of fused-ring (bicyclic) bond motifs is 3. The normalized spacial score (nSPS) is 11.6. The zero-order valence-electron chi connectivity index (χ0n) is 11.2. The van der Waals surface area contributed by atoms with Crippen LogP contribution in [-0.2, 0) is 7.05 Å². The highest BCUT2D eigenvalue weighted by Gasteiger charge is 2.13. The summed E-state index contributed by atoms with van der Waals surface area (Å²) in [7, 11) is 1.76. The molecule has 0 saturated heterocycles. The zero-order chi connectivity index (χ0) is 13.6. The highest BCUT2D eigenvalue weighted by molar-refractivity contribution is 6.04. The van der Waals surface area contributed by atoms with E-state index in [1.54, 1.807) is 17.8 Å². The van der Waals surface area contributed by atoms with E-state index in [0.29, 0.717) is 0 Å². The van der Waals surface area contributed by atoms with Crippen molar-refractivity contribution in [2.24, 2.45) is 7.05 Å². The highest BCUT2D eigenvalue weighted by Crippen LogP contribution is 2.27. The van der Waals surface area contributed by atoms with Gasteiger partial charge in [0, 0.05) is 24.0 Å². The number of pyridine rings is 1. The maximum atomic E-state index is 12.0. The molecular formula is C15H15N3O. The highest BCUT2D eigenvalue weighted by atomic mass is 16.1. The Labute approximate surface area is 110 Å². The van der Waals surface area contributed by atoms with Crippen molar-refractivity contribution < 1.29 is 0 Å². The Bertz CT molecular complexity index is 834. The van der Waals surface area contributed by atoms with Gasteiger partial charge in [-0.25, -0.2) is 4.79 Å². The molecule has 4 heteroatoms. The molecule has 3 aromatic rings. The minimum Gasteiger partial charge on any atom is -0.294 e. The lowest BCUT2D eigenvalue weighted by Crippen LogP contribution is -2.22. The van der Waals surface area contributed by atoms with Gasteiger partial charge in [0.2, 0.25) is 0 Å². The molecule has 0 radical (unpaired) electrons. The second-order valence-corrected chi connectivity index (χ2v) is 5.03. The molecule has 2 heterocycles. The Morgan fingerprint density at radius 3 is 2.68 bits per heavy atom. The largest absolute Gasteiger partial charge is 0.348 e. The number of rotatable bonds is 1. The summed E-state index contributed by atoms with van der Waals surface area (Å²) < 4.78 is 1.60. The van der Waals surface area contributed by atoms with Crippen LogP contribution in [0.1, 0.15) is 25.5 Å². The van der Waals surface area contributed by atoms with E-state index in [0.717, 1.165) is 27.5 Å². The zero-order valence-corrected chi connectivity index (χ0v) is 11.2. The van der Waals surface area contributed by atoms with Crippen LogP contribution in [0.5, 0.6) is 0 Å². The van der Waals surface area contributed by atoms with Crippen LogP contribution < -0.4 is 5.69 Å². The Kier molecular flexibility index (Phi) is 2.59. The lowest BCUT2D eigenvalue weighted by molar-refractivity contribution is 0.776. The van der Waals surface area contributed by atoms with E-state index in [1.165, 1.54) is 0 Å². The van der Waals surface area contributed by atoms with Crippen LogP contribution in [0.15, 0.2) is 35.3 Å². The maximum absolute atomic E-state index is 12.0. The summed E-state index contributed by atoms with van der Waals surface area (Å²) in [5.74, 6) is 0.213. The van der Waals surface area contributed by atoms with Gasteiger partial charge < -0.3 is 0 Å². The van der Waals surface area contributed by atoms with E-state index >= 15 is 0 Å². The van der Waals surface area contributed by atoms with Crippen molar-refractivity contribution in [2.45, 2.75) is 19.8 Å². The average Bonchev–Trinajstić information content (AvgIpc) is 2.41. The minimum absolute atomic E-state index is 0.213. The second-order valence-electron chi connectivity index (χ2n) is 5.03. The minimum atomic E-state index is -0.215. The van der Waals surface area contributed by atoms with E-state index in [-0.39, 0.29) is 11.6 Å². The van der Waals surface area contributed by atoms with Crippen LogP contribution in [-0.4, -0.2) is 14.5 Å². The van der Waals surface area contributed by atoms with E-state index in [1.807, 2.05) is 24.3 Å². The summed E-state index contributed by atoms with van der Waals surface area (Å²) in [6.45, 7) is 4.10. The van der Waals surface area contributed by atoms with Crippen LogP contribution in [0, 0.1) is 0 Å². The van der Waals surface area contributed by atoms with E-state index in [9.17, 15) is 4.79 Å². The lowest BCUT2D eigenvalue weighted by atomic mass is 10.0. The fraction of sp³-hybridized carbons (Fsp3) is 0.267. The third-order valence-electron chi connectivity index (χ3n) is 3.42. The molecule has 0 amide bonds. The predicted molar refractivity (Wildman–Crippen MR) is 76.4 cm³/mol. The second kappa shape index (κ2) is 4.16. The summed E-state index contributed by atoms with van der Waals surface area (Å²) in [6.07, 6.45) is 1.76. The van der Waals surface area contributed by atoms with Gasteiger partial charge in [-0.3, -0.25) is 9.55 Å². The summed E-state index contributed by atoms with van der Waals surface area (Å²) in [4.78, 5) is 20.6. The Hall–Kier alpha value is -2.23. The topological polar surface area (TPSA) is 47.8 Å². The number of hydrogen-bond acceptors (Lipinski definition) is 3. The van der Waals surface area contributed by atoms with Crippen molar-refractivity contribution in [1.82, 2.24) is 14.5 Å². The SMILES string of the molecule is CC(C)c1nc(=O)n(C)c2c1ccc1ncccc12. The standard InChI is InChI=1S/C15H15N3O/c1-9(2)13-11-6-7-12-10(5-4-8-16-12)14(11)18(3)15(19)17-13/h4-9H,1-3H3. The van der Waals surface area contributed by atoms with Crippen molar-refractivity contribution in [1.29, 1.82) is 0 Å².